The summed E-state index contributed by atoms with van der Waals surface area (Å²) in [6.07, 6.45) is -0.597. The van der Waals surface area contributed by atoms with Gasteiger partial charge in [0.15, 0.2) is 5.96 Å². The molecule has 0 amide bonds. The molecule has 0 radical (unpaired) electrons. The number of thiophene rings is 1. The van der Waals surface area contributed by atoms with Gasteiger partial charge in [0.2, 0.25) is 0 Å². The molecule has 1 aliphatic rings. The fourth-order valence-electron chi connectivity index (χ4n) is 2.67. The van der Waals surface area contributed by atoms with Crippen LogP contribution in [0.1, 0.15) is 17.9 Å². The van der Waals surface area contributed by atoms with Crippen LogP contribution in [0.2, 0.25) is 0 Å². The van der Waals surface area contributed by atoms with Gasteiger partial charge in [0.1, 0.15) is 6.10 Å². The maximum Gasteiger partial charge on any atom is 0.191 e. The molecule has 144 valence electrons. The second kappa shape index (κ2) is 9.84. The number of aliphatic imine (C=N–C) groups is 1. The van der Waals surface area contributed by atoms with E-state index in [0.29, 0.717) is 32.3 Å². The quantitative estimate of drug-likeness (QED) is 0.271. The molecule has 2 aromatic rings. The van der Waals surface area contributed by atoms with Gasteiger partial charge < -0.3 is 25.6 Å². The maximum absolute atomic E-state index is 10.5. The number of ether oxygens (including phenoxy) is 1. The van der Waals surface area contributed by atoms with Crippen molar-refractivity contribution in [2.75, 3.05) is 39.5 Å². The molecule has 26 heavy (non-hydrogen) atoms. The van der Waals surface area contributed by atoms with E-state index in [-0.39, 0.29) is 36.0 Å². The van der Waals surface area contributed by atoms with Gasteiger partial charge in [-0.1, -0.05) is 18.2 Å². The predicted octanol–water partition coefficient (Wildman–Crippen LogP) is 2.12. The summed E-state index contributed by atoms with van der Waals surface area (Å²) < 4.78 is 6.37. The Hall–Kier alpha value is -0.940. The number of fused-ring (bicyclic) bond motifs is 1. The molecule has 0 spiro atoms. The molecule has 6 nitrogen and oxygen atoms in total. The van der Waals surface area contributed by atoms with Crippen LogP contribution in [0.5, 0.6) is 0 Å². The van der Waals surface area contributed by atoms with E-state index in [1.54, 1.807) is 11.3 Å². The molecular formula is C18H26IN3O3S. The second-order valence-electron chi connectivity index (χ2n) is 6.43. The molecule has 1 aromatic heterocycles. The number of nitrogens with one attached hydrogen (secondary N) is 2. The molecule has 1 atom stereocenters. The van der Waals surface area contributed by atoms with E-state index in [1.165, 1.54) is 4.70 Å². The molecule has 2 heterocycles. The highest BCUT2D eigenvalue weighted by molar-refractivity contribution is 14.0. The number of guanidine groups is 1. The van der Waals surface area contributed by atoms with E-state index in [2.05, 4.69) is 27.8 Å². The zero-order valence-electron chi connectivity index (χ0n) is 14.8. The van der Waals surface area contributed by atoms with E-state index < -0.39 is 6.10 Å². The summed E-state index contributed by atoms with van der Waals surface area (Å²) in [5.74, 6) is 0.641. The van der Waals surface area contributed by atoms with Gasteiger partial charge in [-0.2, -0.15) is 0 Å². The molecule has 3 rings (SSSR count). The van der Waals surface area contributed by atoms with Crippen LogP contribution in [0.4, 0.5) is 0 Å². The lowest BCUT2D eigenvalue weighted by atomic mass is 9.87. The first-order chi connectivity index (χ1) is 12.2. The van der Waals surface area contributed by atoms with Gasteiger partial charge in [-0.3, -0.25) is 4.99 Å². The zero-order chi connectivity index (χ0) is 17.7. The summed E-state index contributed by atoms with van der Waals surface area (Å²) in [6, 6.07) is 10.1. The fourth-order valence-corrected chi connectivity index (χ4v) is 3.72. The summed E-state index contributed by atoms with van der Waals surface area (Å²) in [7, 11) is 0. The Morgan fingerprint density at radius 2 is 2.12 bits per heavy atom. The predicted molar refractivity (Wildman–Crippen MR) is 117 cm³/mol. The Kier molecular flexibility index (Phi) is 8.08. The number of rotatable bonds is 7. The number of nitrogens with zero attached hydrogens (tertiary/aromatic N) is 1. The molecule has 1 aliphatic heterocycles. The van der Waals surface area contributed by atoms with Crippen LogP contribution in [0, 0.1) is 5.41 Å². The Bertz CT molecular complexity index is 695. The molecular weight excluding hydrogens is 465 g/mol. The Balaban J connectivity index is 0.00000243. The van der Waals surface area contributed by atoms with Crippen molar-refractivity contribution in [1.82, 2.24) is 10.6 Å². The Labute approximate surface area is 174 Å². The maximum atomic E-state index is 10.5. The number of hydrogen-bond donors (Lipinski definition) is 4. The minimum atomic E-state index is -0.597. The van der Waals surface area contributed by atoms with E-state index in [4.69, 9.17) is 4.74 Å². The summed E-state index contributed by atoms with van der Waals surface area (Å²) in [6.45, 7) is 4.74. The van der Waals surface area contributed by atoms with Gasteiger partial charge in [-0.05, 0) is 24.4 Å². The number of halogens is 1. The third-order valence-electron chi connectivity index (χ3n) is 4.30. The van der Waals surface area contributed by atoms with Gasteiger partial charge in [0.25, 0.3) is 0 Å². The van der Waals surface area contributed by atoms with Crippen LogP contribution in [-0.2, 0) is 4.74 Å². The first-order valence-electron chi connectivity index (χ1n) is 8.53. The second-order valence-corrected chi connectivity index (χ2v) is 7.54. The molecule has 0 aliphatic carbocycles. The first-order valence-corrected chi connectivity index (χ1v) is 9.35. The molecule has 0 saturated carbocycles. The molecule has 8 heteroatoms. The highest BCUT2D eigenvalue weighted by atomic mass is 127. The summed E-state index contributed by atoms with van der Waals surface area (Å²) in [5, 5.41) is 27.5. The van der Waals surface area contributed by atoms with E-state index in [0.717, 1.165) is 16.8 Å². The topological polar surface area (TPSA) is 86.1 Å². The van der Waals surface area contributed by atoms with Crippen LogP contribution in [0.25, 0.3) is 10.1 Å². The van der Waals surface area contributed by atoms with E-state index >= 15 is 0 Å². The van der Waals surface area contributed by atoms with Crippen LogP contribution in [0.3, 0.4) is 0 Å². The highest BCUT2D eigenvalue weighted by Crippen LogP contribution is 2.29. The van der Waals surface area contributed by atoms with Crippen molar-refractivity contribution in [3.8, 4) is 0 Å². The molecule has 1 fully saturated rings. The van der Waals surface area contributed by atoms with Gasteiger partial charge in [-0.25, -0.2) is 0 Å². The Morgan fingerprint density at radius 1 is 1.35 bits per heavy atom. The average molecular weight is 491 g/mol. The van der Waals surface area contributed by atoms with Crippen molar-refractivity contribution in [3.05, 3.63) is 35.2 Å². The summed E-state index contributed by atoms with van der Waals surface area (Å²) >= 11 is 1.60. The van der Waals surface area contributed by atoms with Crippen LogP contribution in [0.15, 0.2) is 35.3 Å². The van der Waals surface area contributed by atoms with Gasteiger partial charge >= 0.3 is 0 Å². The van der Waals surface area contributed by atoms with Gasteiger partial charge in [-0.15, -0.1) is 35.3 Å². The lowest BCUT2D eigenvalue weighted by Gasteiger charge is -2.38. The van der Waals surface area contributed by atoms with Crippen molar-refractivity contribution in [3.63, 3.8) is 0 Å². The average Bonchev–Trinajstić information content (AvgIpc) is 3.03. The van der Waals surface area contributed by atoms with Crippen LogP contribution in [-0.4, -0.2) is 55.6 Å². The largest absolute Gasteiger partial charge is 0.396 e. The number of hydrogen-bond acceptors (Lipinski definition) is 5. The van der Waals surface area contributed by atoms with Crippen molar-refractivity contribution in [2.45, 2.75) is 13.0 Å². The monoisotopic (exact) mass is 491 g/mol. The van der Waals surface area contributed by atoms with Crippen molar-refractivity contribution >= 4 is 51.4 Å². The molecule has 0 bridgehead atoms. The molecule has 1 saturated heterocycles. The lowest BCUT2D eigenvalue weighted by molar-refractivity contribution is -0.130. The standard InChI is InChI=1S/C18H25N3O3S.HI/c1-2-19-17(21-9-18(10-22)11-24-12-18)20-8-14(23)16-7-13-5-3-4-6-15(13)25-16;/h3-7,14,22-23H,2,8-12H2,1H3,(H2,19,20,21);1H. The minimum Gasteiger partial charge on any atom is -0.396 e. The SMILES string of the molecule is CCNC(=NCC1(CO)COC1)NCC(O)c1cc2ccccc2s1.I. The smallest absolute Gasteiger partial charge is 0.191 e. The van der Waals surface area contributed by atoms with Crippen molar-refractivity contribution in [2.24, 2.45) is 10.4 Å². The first kappa shape index (κ1) is 21.4. The third-order valence-corrected chi connectivity index (χ3v) is 5.52. The minimum absolute atomic E-state index is 0. The number of aliphatic hydroxyl groups excluding tert-OH is 2. The van der Waals surface area contributed by atoms with Crippen LogP contribution < -0.4 is 10.6 Å². The van der Waals surface area contributed by atoms with E-state index in [1.807, 2.05) is 25.1 Å². The third kappa shape index (κ3) is 5.07. The zero-order valence-corrected chi connectivity index (χ0v) is 17.9. The fraction of sp³-hybridized carbons (Fsp3) is 0.500. The summed E-state index contributed by atoms with van der Waals surface area (Å²) in [4.78, 5) is 5.47. The van der Waals surface area contributed by atoms with Gasteiger partial charge in [0, 0.05) is 22.7 Å². The lowest BCUT2D eigenvalue weighted by Crippen LogP contribution is -2.49. The van der Waals surface area contributed by atoms with E-state index in [9.17, 15) is 10.2 Å². The molecule has 4 N–H and O–H groups in total. The summed E-state index contributed by atoms with van der Waals surface area (Å²) in [5.41, 5.74) is -0.257. The molecule has 1 aromatic carbocycles. The van der Waals surface area contributed by atoms with Crippen molar-refractivity contribution < 1.29 is 14.9 Å². The number of aliphatic hydroxyl groups is 2. The van der Waals surface area contributed by atoms with Crippen molar-refractivity contribution in [1.29, 1.82) is 0 Å². The number of benzene rings is 1. The van der Waals surface area contributed by atoms with Gasteiger partial charge in [0.05, 0.1) is 31.8 Å². The normalized spacial score (nSPS) is 17.3. The Morgan fingerprint density at radius 3 is 2.73 bits per heavy atom. The molecule has 1 unspecified atom stereocenters. The van der Waals surface area contributed by atoms with Crippen LogP contribution >= 0.6 is 35.3 Å². The highest BCUT2D eigenvalue weighted by Gasteiger charge is 2.38.